The maximum atomic E-state index is 11.8. The number of rotatable bonds is 5. The predicted octanol–water partition coefficient (Wildman–Crippen LogP) is 0.198. The number of aliphatic hydroxyl groups excluding tert-OH is 1. The number of β-amino-alcohol motifs (C(OH)–C–C–N with tert-alkyl or cyclic N) is 1. The molecule has 0 aromatic carbocycles. The Morgan fingerprint density at radius 3 is 2.75 bits per heavy atom. The first-order valence-corrected chi connectivity index (χ1v) is 7.30. The lowest BCUT2D eigenvalue weighted by molar-refractivity contribution is 0.0880. The molecule has 0 unspecified atom stereocenters. The Hall–Kier alpha value is -0.170. The minimum absolute atomic E-state index is 0.00208. The normalized spacial score (nSPS) is 23.9. The van der Waals surface area contributed by atoms with Crippen molar-refractivity contribution >= 4 is 10.0 Å². The lowest BCUT2D eigenvalue weighted by Crippen LogP contribution is -2.43. The number of nitrogens with zero attached hydrogens (tertiary/aromatic N) is 1. The third kappa shape index (κ3) is 4.37. The number of piperidine rings is 1. The first-order chi connectivity index (χ1) is 7.42. The molecule has 1 aliphatic heterocycles. The van der Waals surface area contributed by atoms with Crippen LogP contribution in [0, 0.1) is 0 Å². The van der Waals surface area contributed by atoms with E-state index >= 15 is 0 Å². The monoisotopic (exact) mass is 251 g/mol. The van der Waals surface area contributed by atoms with Gasteiger partial charge in [0.05, 0.1) is 24.6 Å². The molecule has 1 aliphatic rings. The third-order valence-electron chi connectivity index (χ3n) is 2.55. The Bertz CT molecular complexity index is 302. The molecule has 0 aromatic heterocycles. The van der Waals surface area contributed by atoms with E-state index < -0.39 is 16.1 Å². The van der Waals surface area contributed by atoms with E-state index in [-0.39, 0.29) is 25.0 Å². The highest BCUT2D eigenvalue weighted by Gasteiger charge is 2.27. The molecule has 0 saturated carbocycles. The van der Waals surface area contributed by atoms with Crippen LogP contribution in [0.1, 0.15) is 26.7 Å². The molecular formula is C10H21NO4S. The average molecular weight is 251 g/mol. The summed E-state index contributed by atoms with van der Waals surface area (Å²) in [5.41, 5.74) is 0. The van der Waals surface area contributed by atoms with Crippen molar-refractivity contribution in [1.29, 1.82) is 0 Å². The average Bonchev–Trinajstić information content (AvgIpc) is 2.16. The van der Waals surface area contributed by atoms with Crippen molar-refractivity contribution in [2.45, 2.75) is 38.9 Å². The Morgan fingerprint density at radius 2 is 2.19 bits per heavy atom. The number of sulfonamides is 1. The maximum Gasteiger partial charge on any atom is 0.216 e. The molecule has 1 N–H and O–H groups in total. The van der Waals surface area contributed by atoms with E-state index in [1.165, 1.54) is 4.31 Å². The van der Waals surface area contributed by atoms with Crippen molar-refractivity contribution in [3.05, 3.63) is 0 Å². The quantitative estimate of drug-likeness (QED) is 0.758. The summed E-state index contributed by atoms with van der Waals surface area (Å²) in [7, 11) is -3.26. The third-order valence-corrected chi connectivity index (χ3v) is 4.35. The number of hydrogen-bond donors (Lipinski definition) is 1. The van der Waals surface area contributed by atoms with Crippen LogP contribution in [0.15, 0.2) is 0 Å². The molecular weight excluding hydrogens is 230 g/mol. The fraction of sp³-hybridized carbons (Fsp3) is 1.00. The van der Waals surface area contributed by atoms with E-state index in [9.17, 15) is 13.5 Å². The first kappa shape index (κ1) is 13.9. The molecule has 1 heterocycles. The molecule has 96 valence electrons. The fourth-order valence-corrected chi connectivity index (χ4v) is 3.06. The zero-order valence-corrected chi connectivity index (χ0v) is 10.7. The second kappa shape index (κ2) is 5.95. The molecule has 1 fully saturated rings. The van der Waals surface area contributed by atoms with E-state index in [2.05, 4.69) is 0 Å². The second-order valence-electron chi connectivity index (χ2n) is 4.39. The van der Waals surface area contributed by atoms with Crippen LogP contribution >= 0.6 is 0 Å². The van der Waals surface area contributed by atoms with Crippen molar-refractivity contribution in [2.24, 2.45) is 0 Å². The van der Waals surface area contributed by atoms with Gasteiger partial charge >= 0.3 is 0 Å². The molecule has 0 radical (unpaired) electrons. The van der Waals surface area contributed by atoms with Crippen molar-refractivity contribution in [3.63, 3.8) is 0 Å². The molecule has 16 heavy (non-hydrogen) atoms. The molecule has 0 amide bonds. The lowest BCUT2D eigenvalue weighted by Gasteiger charge is -2.29. The SMILES string of the molecule is CC(C)OCCS(=O)(=O)N1CCC[C@H](O)C1. The molecule has 5 nitrogen and oxygen atoms in total. The topological polar surface area (TPSA) is 66.8 Å². The standard InChI is InChI=1S/C10H21NO4S/c1-9(2)15-6-7-16(13,14)11-5-3-4-10(12)8-11/h9-10,12H,3-8H2,1-2H3/t10-/m0/s1. The Balaban J connectivity index is 2.43. The van der Waals surface area contributed by atoms with Gasteiger partial charge < -0.3 is 9.84 Å². The van der Waals surface area contributed by atoms with Crippen molar-refractivity contribution < 1.29 is 18.3 Å². The van der Waals surface area contributed by atoms with Gasteiger partial charge in [-0.15, -0.1) is 0 Å². The number of ether oxygens (including phenoxy) is 1. The first-order valence-electron chi connectivity index (χ1n) is 5.69. The van der Waals surface area contributed by atoms with Crippen molar-refractivity contribution in [3.8, 4) is 0 Å². The Morgan fingerprint density at radius 1 is 1.50 bits per heavy atom. The van der Waals surface area contributed by atoms with Crippen LogP contribution in [0.25, 0.3) is 0 Å². The van der Waals surface area contributed by atoms with Gasteiger partial charge in [0.2, 0.25) is 10.0 Å². The molecule has 0 aliphatic carbocycles. The van der Waals surface area contributed by atoms with Crippen molar-refractivity contribution in [1.82, 2.24) is 4.31 Å². The van der Waals surface area contributed by atoms with Gasteiger partial charge in [-0.3, -0.25) is 0 Å². The fourth-order valence-electron chi connectivity index (χ4n) is 1.69. The highest BCUT2D eigenvalue weighted by Crippen LogP contribution is 2.14. The van der Waals surface area contributed by atoms with Gasteiger partial charge in [-0.1, -0.05) is 0 Å². The van der Waals surface area contributed by atoms with Crippen LogP contribution in [-0.2, 0) is 14.8 Å². The summed E-state index contributed by atoms with van der Waals surface area (Å²) in [5, 5.41) is 9.42. The minimum atomic E-state index is -3.26. The minimum Gasteiger partial charge on any atom is -0.392 e. The largest absolute Gasteiger partial charge is 0.392 e. The summed E-state index contributed by atoms with van der Waals surface area (Å²) in [4.78, 5) is 0. The van der Waals surface area contributed by atoms with Crippen LogP contribution in [0.2, 0.25) is 0 Å². The van der Waals surface area contributed by atoms with Crippen LogP contribution in [-0.4, -0.2) is 55.5 Å². The van der Waals surface area contributed by atoms with E-state index in [1.807, 2.05) is 13.8 Å². The van der Waals surface area contributed by atoms with E-state index in [0.717, 1.165) is 6.42 Å². The highest BCUT2D eigenvalue weighted by molar-refractivity contribution is 7.89. The van der Waals surface area contributed by atoms with Gasteiger partial charge in [0.25, 0.3) is 0 Å². The predicted molar refractivity (Wildman–Crippen MR) is 61.7 cm³/mol. The van der Waals surface area contributed by atoms with E-state index in [4.69, 9.17) is 4.74 Å². The molecule has 1 saturated heterocycles. The highest BCUT2D eigenvalue weighted by atomic mass is 32.2. The summed E-state index contributed by atoms with van der Waals surface area (Å²) in [6, 6.07) is 0. The van der Waals surface area contributed by atoms with Crippen LogP contribution in [0.4, 0.5) is 0 Å². The summed E-state index contributed by atoms with van der Waals surface area (Å²) in [6.45, 7) is 4.70. The zero-order chi connectivity index (χ0) is 12.2. The lowest BCUT2D eigenvalue weighted by atomic mass is 10.1. The molecule has 0 bridgehead atoms. The van der Waals surface area contributed by atoms with Crippen molar-refractivity contribution in [2.75, 3.05) is 25.4 Å². The summed E-state index contributed by atoms with van der Waals surface area (Å²) >= 11 is 0. The van der Waals surface area contributed by atoms with Crippen LogP contribution in [0.3, 0.4) is 0 Å². The molecule has 0 spiro atoms. The molecule has 1 atom stereocenters. The Kier molecular flexibility index (Phi) is 5.17. The van der Waals surface area contributed by atoms with E-state index in [0.29, 0.717) is 13.0 Å². The molecule has 6 heteroatoms. The smallest absolute Gasteiger partial charge is 0.216 e. The van der Waals surface area contributed by atoms with Gasteiger partial charge in [0.15, 0.2) is 0 Å². The van der Waals surface area contributed by atoms with Gasteiger partial charge in [-0.25, -0.2) is 8.42 Å². The Labute approximate surface area is 97.4 Å². The number of hydrogen-bond acceptors (Lipinski definition) is 4. The summed E-state index contributed by atoms with van der Waals surface area (Å²) in [5.74, 6) is -0.00208. The van der Waals surface area contributed by atoms with Crippen LogP contribution in [0.5, 0.6) is 0 Å². The molecule has 0 aromatic rings. The van der Waals surface area contributed by atoms with E-state index in [1.54, 1.807) is 0 Å². The summed E-state index contributed by atoms with van der Waals surface area (Å²) < 4.78 is 30.3. The van der Waals surface area contributed by atoms with Gasteiger partial charge in [0, 0.05) is 13.1 Å². The maximum absolute atomic E-state index is 11.8. The van der Waals surface area contributed by atoms with Crippen LogP contribution < -0.4 is 0 Å². The van der Waals surface area contributed by atoms with Gasteiger partial charge in [-0.2, -0.15) is 4.31 Å². The van der Waals surface area contributed by atoms with Gasteiger partial charge in [-0.05, 0) is 26.7 Å². The second-order valence-corrected chi connectivity index (χ2v) is 6.48. The number of aliphatic hydroxyl groups is 1. The summed E-state index contributed by atoms with van der Waals surface area (Å²) in [6.07, 6.45) is 0.941. The zero-order valence-electron chi connectivity index (χ0n) is 9.92. The van der Waals surface area contributed by atoms with Gasteiger partial charge in [0.1, 0.15) is 0 Å². The molecule has 1 rings (SSSR count).